The molecule has 0 fully saturated rings. The Morgan fingerprint density at radius 3 is 0.833 bits per heavy atom. The molecule has 8 nitrogen and oxygen atoms in total. The first-order valence-corrected chi connectivity index (χ1v) is 26.3. The molecular formula is C43H50O8Si3. The van der Waals surface area contributed by atoms with Crippen LogP contribution in [0.5, 0.6) is 46.0 Å². The van der Waals surface area contributed by atoms with Crippen LogP contribution in [0.25, 0.3) is 5.20 Å². The monoisotopic (exact) mass is 778 g/mol. The number of ether oxygens (including phenoxy) is 8. The molecule has 6 rings (SSSR count). The normalized spacial score (nSPS) is 14.4. The van der Waals surface area contributed by atoms with Gasteiger partial charge in [0.25, 0.3) is 0 Å². The number of rotatable bonds is 14. The quantitative estimate of drug-likeness (QED) is 0.126. The van der Waals surface area contributed by atoms with Gasteiger partial charge in [0.05, 0.1) is 65.0 Å². The number of methoxy groups -OCH3 is 8. The van der Waals surface area contributed by atoms with Gasteiger partial charge in [0, 0.05) is 20.7 Å². The molecule has 0 saturated heterocycles. The van der Waals surface area contributed by atoms with Gasteiger partial charge in [-0.1, -0.05) is 84.3 Å². The molecule has 5 aromatic rings. The maximum Gasteiger partial charge on any atom is 0.173 e. The minimum Gasteiger partial charge on any atom is -0.497 e. The third-order valence-electron chi connectivity index (χ3n) is 10.6. The lowest BCUT2D eigenvalue weighted by Crippen LogP contribution is -2.94. The van der Waals surface area contributed by atoms with E-state index in [4.69, 9.17) is 37.9 Å². The van der Waals surface area contributed by atoms with Crippen LogP contribution in [0.2, 0.25) is 19.6 Å². The highest BCUT2D eigenvalue weighted by molar-refractivity contribution is 7.74. The Bertz CT molecular complexity index is 1980. The van der Waals surface area contributed by atoms with Crippen molar-refractivity contribution in [2.24, 2.45) is 0 Å². The fourth-order valence-corrected chi connectivity index (χ4v) is 43.1. The van der Waals surface area contributed by atoms with Crippen molar-refractivity contribution in [3.8, 4) is 46.0 Å². The molecule has 282 valence electrons. The highest BCUT2D eigenvalue weighted by Gasteiger charge is 2.78. The van der Waals surface area contributed by atoms with Gasteiger partial charge in [-0.3, -0.25) is 0 Å². The summed E-state index contributed by atoms with van der Waals surface area (Å²) in [6.07, 6.45) is 0. The van der Waals surface area contributed by atoms with Crippen LogP contribution in [0.4, 0.5) is 0 Å². The number of hydrogen-bond acceptors (Lipinski definition) is 8. The highest BCUT2D eigenvalue weighted by atomic mass is 29.3. The van der Waals surface area contributed by atoms with Crippen LogP contribution in [0.1, 0.15) is 5.56 Å². The summed E-state index contributed by atoms with van der Waals surface area (Å²) in [4.78, 5) is 1.39. The average Bonchev–Trinajstić information content (AvgIpc) is 3.20. The van der Waals surface area contributed by atoms with E-state index in [0.717, 1.165) is 26.3 Å². The molecule has 0 radical (unpaired) electrons. The Hall–Kier alpha value is -5.11. The van der Waals surface area contributed by atoms with Crippen LogP contribution in [-0.4, -0.2) is 80.1 Å². The zero-order valence-corrected chi connectivity index (χ0v) is 36.1. The van der Waals surface area contributed by atoms with Crippen LogP contribution >= 0.6 is 0 Å². The molecule has 0 saturated carbocycles. The van der Waals surface area contributed by atoms with Crippen molar-refractivity contribution in [2.75, 3.05) is 56.9 Å². The first-order chi connectivity index (χ1) is 26.1. The van der Waals surface area contributed by atoms with E-state index in [9.17, 15) is 0 Å². The van der Waals surface area contributed by atoms with Gasteiger partial charge < -0.3 is 37.9 Å². The fraction of sp³-hybridized carbons (Fsp3) is 0.256. The Labute approximate surface area is 322 Å². The maximum absolute atomic E-state index is 6.49. The van der Waals surface area contributed by atoms with Crippen LogP contribution in [0, 0.1) is 0 Å². The maximum atomic E-state index is 6.49. The summed E-state index contributed by atoms with van der Waals surface area (Å²) in [5.74, 6) is 5.59. The van der Waals surface area contributed by atoms with Crippen molar-refractivity contribution >= 4 is 49.2 Å². The van der Waals surface area contributed by atoms with Gasteiger partial charge in [0.15, 0.2) is 15.2 Å². The molecule has 0 unspecified atom stereocenters. The van der Waals surface area contributed by atoms with Crippen LogP contribution in [0.15, 0.2) is 108 Å². The first-order valence-electron chi connectivity index (χ1n) is 17.8. The summed E-state index contributed by atoms with van der Waals surface area (Å²) in [6.45, 7) is 7.27. The second-order valence-electron chi connectivity index (χ2n) is 14.0. The van der Waals surface area contributed by atoms with E-state index in [2.05, 4.69) is 50.0 Å². The van der Waals surface area contributed by atoms with Crippen molar-refractivity contribution in [1.82, 2.24) is 0 Å². The molecule has 0 aromatic heterocycles. The van der Waals surface area contributed by atoms with E-state index in [1.165, 1.54) is 10.0 Å². The Balaban J connectivity index is 2.18. The predicted molar refractivity (Wildman–Crippen MR) is 225 cm³/mol. The van der Waals surface area contributed by atoms with Crippen molar-refractivity contribution < 1.29 is 37.9 Å². The lowest BCUT2D eigenvalue weighted by atomic mass is 10.2. The summed E-state index contributed by atoms with van der Waals surface area (Å²) < 4.78 is 52.0. The summed E-state index contributed by atoms with van der Waals surface area (Å²) >= 11 is 0. The average molecular weight is 779 g/mol. The minimum absolute atomic E-state index is 0.691. The zero-order valence-electron chi connectivity index (χ0n) is 33.1. The topological polar surface area (TPSA) is 73.8 Å². The summed E-state index contributed by atoms with van der Waals surface area (Å²) in [7, 11) is 3.78. The van der Waals surface area contributed by atoms with E-state index in [-0.39, 0.29) is 0 Å². The van der Waals surface area contributed by atoms with Crippen LogP contribution < -0.4 is 58.6 Å². The molecule has 0 aliphatic carbocycles. The Kier molecular flexibility index (Phi) is 11.0. The van der Waals surface area contributed by atoms with Crippen molar-refractivity contribution in [3.63, 3.8) is 0 Å². The van der Waals surface area contributed by atoms with Gasteiger partial charge >= 0.3 is 0 Å². The minimum atomic E-state index is -3.82. The first kappa shape index (κ1) is 38.6. The predicted octanol–water partition coefficient (Wildman–Crippen LogP) is 6.08. The molecule has 11 heteroatoms. The lowest BCUT2D eigenvalue weighted by Gasteiger charge is -2.63. The van der Waals surface area contributed by atoms with Crippen molar-refractivity contribution in [3.05, 3.63) is 114 Å². The summed E-state index contributed by atoms with van der Waals surface area (Å²) in [5.41, 5.74) is 1.10. The van der Waals surface area contributed by atoms with E-state index >= 15 is 0 Å². The molecule has 54 heavy (non-hydrogen) atoms. The van der Waals surface area contributed by atoms with Gasteiger partial charge in [0.2, 0.25) is 0 Å². The molecule has 0 atom stereocenters. The van der Waals surface area contributed by atoms with Gasteiger partial charge in [-0.2, -0.15) is 0 Å². The van der Waals surface area contributed by atoms with Gasteiger partial charge in [-0.05, 0) is 54.1 Å². The molecule has 5 aromatic carbocycles. The molecule has 0 bridgehead atoms. The number of benzene rings is 5. The largest absolute Gasteiger partial charge is 0.497 e. The van der Waals surface area contributed by atoms with E-state index in [0.29, 0.717) is 46.0 Å². The van der Waals surface area contributed by atoms with E-state index in [1.54, 1.807) is 56.9 Å². The third-order valence-corrected chi connectivity index (χ3v) is 33.2. The molecule has 1 aliphatic heterocycles. The van der Waals surface area contributed by atoms with Gasteiger partial charge in [-0.25, -0.2) is 0 Å². The third kappa shape index (κ3) is 5.51. The second-order valence-corrected chi connectivity index (χ2v) is 30.0. The molecule has 0 spiro atoms. The SMILES string of the molecule is COc1cccc(OC)c1[Si]1(c2c(OC)cccc2OC)C(c2ccccc2)=C([Si](C)(C)C)[Si]1(c1c(OC)cccc1OC)c1c(OC)cccc1OC. The Morgan fingerprint density at radius 2 is 0.593 bits per heavy atom. The molecular weight excluding hydrogens is 729 g/mol. The summed E-state index contributed by atoms with van der Waals surface area (Å²) in [5, 5.41) is 5.10. The molecule has 0 N–H and O–H groups in total. The van der Waals surface area contributed by atoms with Crippen molar-refractivity contribution in [1.29, 1.82) is 0 Å². The molecule has 0 amide bonds. The van der Waals surface area contributed by atoms with Gasteiger partial charge in [0.1, 0.15) is 46.0 Å². The fourth-order valence-electron chi connectivity index (χ4n) is 8.97. The molecule has 1 heterocycles. The number of hydrogen-bond donors (Lipinski definition) is 0. The lowest BCUT2D eigenvalue weighted by molar-refractivity contribution is 0.396. The van der Waals surface area contributed by atoms with Crippen LogP contribution in [0.3, 0.4) is 0 Å². The van der Waals surface area contributed by atoms with Crippen molar-refractivity contribution in [2.45, 2.75) is 19.6 Å². The standard InChI is InChI=1S/C43H50O8Si3/c1-44-30-21-15-22-31(45-2)39(30)53(40-32(46-3)23-16-24-33(40)47-4)38(29-19-13-12-14-20-29)43(52(9,10)11)54(53,41-34(48-5)25-17-26-35(41)49-6)42-36(50-7)27-18-28-37(42)51-8/h12-28H,1-11H3. The van der Waals surface area contributed by atoms with E-state index < -0.39 is 23.3 Å². The van der Waals surface area contributed by atoms with Gasteiger partial charge in [-0.15, -0.1) is 0 Å². The highest BCUT2D eigenvalue weighted by Crippen LogP contribution is 2.58. The summed E-state index contributed by atoms with van der Waals surface area (Å²) in [6, 6.07) is 34.9. The molecule has 1 aliphatic rings. The van der Waals surface area contributed by atoms with E-state index in [1.807, 2.05) is 72.8 Å². The Morgan fingerprint density at radius 1 is 0.333 bits per heavy atom. The second kappa shape index (κ2) is 15.3. The zero-order chi connectivity index (χ0) is 38.8. The van der Waals surface area contributed by atoms with Crippen LogP contribution in [-0.2, 0) is 0 Å². The smallest absolute Gasteiger partial charge is 0.173 e.